The molecule has 0 N–H and O–H groups in total. The van der Waals surface area contributed by atoms with E-state index in [0.717, 1.165) is 32.5 Å². The smallest absolute Gasteiger partial charge is 0.00982 e. The highest BCUT2D eigenvalue weighted by Gasteiger charge is 1.95. The first kappa shape index (κ1) is 9.52. The third-order valence-corrected chi connectivity index (χ3v) is 1.69. The van der Waals surface area contributed by atoms with Crippen molar-refractivity contribution in [1.82, 2.24) is 4.90 Å². The zero-order chi connectivity index (χ0) is 7.82. The largest absolute Gasteiger partial charge is 0.304 e. The summed E-state index contributed by atoms with van der Waals surface area (Å²) in [4.78, 5) is 2.39. The lowest BCUT2D eigenvalue weighted by Crippen LogP contribution is -2.23. The Hall–Kier alpha value is -0.480. The molecule has 1 nitrogen and oxygen atoms in total. The molecule has 0 unspecified atom stereocenters. The molecular weight excluding hydrogens is 122 g/mol. The van der Waals surface area contributed by atoms with E-state index in [0.29, 0.717) is 0 Å². The van der Waals surface area contributed by atoms with Gasteiger partial charge in [0, 0.05) is 6.42 Å². The highest BCUT2D eigenvalue weighted by atomic mass is 15.1. The highest BCUT2D eigenvalue weighted by Crippen LogP contribution is 1.92. The van der Waals surface area contributed by atoms with Gasteiger partial charge in [0.05, 0.1) is 0 Å². The van der Waals surface area contributed by atoms with E-state index in [9.17, 15) is 0 Å². The van der Waals surface area contributed by atoms with Gasteiger partial charge in [0.2, 0.25) is 0 Å². The fraction of sp³-hybridized carbons (Fsp3) is 0.778. The van der Waals surface area contributed by atoms with Gasteiger partial charge >= 0.3 is 0 Å². The number of hydrogen-bond acceptors (Lipinski definition) is 1. The van der Waals surface area contributed by atoms with Crippen molar-refractivity contribution in [2.24, 2.45) is 0 Å². The molecule has 0 heterocycles. The molecule has 10 heavy (non-hydrogen) atoms. The van der Waals surface area contributed by atoms with Crippen LogP contribution in [0.4, 0.5) is 0 Å². The molecule has 0 saturated heterocycles. The molecule has 0 amide bonds. The Kier molecular flexibility index (Phi) is 6.32. The maximum absolute atomic E-state index is 5.13. The molecule has 0 atom stereocenters. The summed E-state index contributed by atoms with van der Waals surface area (Å²) in [6.45, 7) is 7.79. The summed E-state index contributed by atoms with van der Waals surface area (Å²) in [6, 6.07) is 0. The molecule has 0 saturated carbocycles. The van der Waals surface area contributed by atoms with Crippen LogP contribution in [0.15, 0.2) is 0 Å². The van der Waals surface area contributed by atoms with Gasteiger partial charge < -0.3 is 4.90 Å². The van der Waals surface area contributed by atoms with Gasteiger partial charge in [-0.1, -0.05) is 13.8 Å². The van der Waals surface area contributed by atoms with Gasteiger partial charge in [-0.2, -0.15) is 0 Å². The van der Waals surface area contributed by atoms with Crippen LogP contribution < -0.4 is 0 Å². The molecule has 0 aromatic carbocycles. The molecule has 1 heteroatoms. The van der Waals surface area contributed by atoms with Gasteiger partial charge in [-0.25, -0.2) is 0 Å². The quantitative estimate of drug-likeness (QED) is 0.414. The van der Waals surface area contributed by atoms with Crippen LogP contribution in [0.25, 0.3) is 0 Å². The molecule has 0 rings (SSSR count). The molecular formula is C9H17N. The monoisotopic (exact) mass is 139 g/mol. The Morgan fingerprint density at radius 1 is 1.30 bits per heavy atom. The van der Waals surface area contributed by atoms with Crippen LogP contribution in [0.1, 0.15) is 26.7 Å². The average Bonchev–Trinajstić information content (AvgIpc) is 1.99. The highest BCUT2D eigenvalue weighted by molar-refractivity contribution is 4.83. The SMILES string of the molecule is C#CCCCN(CC)CC. The van der Waals surface area contributed by atoms with Crippen LogP contribution in [0.2, 0.25) is 0 Å². The maximum atomic E-state index is 5.13. The van der Waals surface area contributed by atoms with Gasteiger partial charge in [-0.05, 0) is 26.1 Å². The van der Waals surface area contributed by atoms with E-state index in [1.54, 1.807) is 0 Å². The van der Waals surface area contributed by atoms with Gasteiger partial charge in [-0.3, -0.25) is 0 Å². The van der Waals surface area contributed by atoms with Crippen LogP contribution in [-0.2, 0) is 0 Å². The summed E-state index contributed by atoms with van der Waals surface area (Å²) in [7, 11) is 0. The number of rotatable bonds is 5. The molecule has 58 valence electrons. The molecule has 0 aromatic heterocycles. The first-order valence-corrected chi connectivity index (χ1v) is 4.01. The Labute approximate surface area is 64.4 Å². The van der Waals surface area contributed by atoms with Crippen molar-refractivity contribution in [3.63, 3.8) is 0 Å². The normalized spacial score (nSPS) is 9.80. The van der Waals surface area contributed by atoms with E-state index >= 15 is 0 Å². The minimum absolute atomic E-state index is 0.913. The van der Waals surface area contributed by atoms with Gasteiger partial charge in [0.15, 0.2) is 0 Å². The van der Waals surface area contributed by atoms with Crippen molar-refractivity contribution in [3.8, 4) is 12.3 Å². The van der Waals surface area contributed by atoms with Crippen molar-refractivity contribution in [3.05, 3.63) is 0 Å². The molecule has 0 aromatic rings. The summed E-state index contributed by atoms with van der Waals surface area (Å²) in [5.74, 6) is 2.64. The lowest BCUT2D eigenvalue weighted by molar-refractivity contribution is 0.301. The van der Waals surface area contributed by atoms with Crippen LogP contribution in [0, 0.1) is 12.3 Å². The summed E-state index contributed by atoms with van der Waals surface area (Å²) in [6.07, 6.45) is 7.18. The molecule has 0 fully saturated rings. The summed E-state index contributed by atoms with van der Waals surface area (Å²) < 4.78 is 0. The minimum atomic E-state index is 0.913. The second-order valence-corrected chi connectivity index (χ2v) is 2.33. The maximum Gasteiger partial charge on any atom is 0.00982 e. The van der Waals surface area contributed by atoms with E-state index in [4.69, 9.17) is 6.42 Å². The molecule has 0 bridgehead atoms. The van der Waals surface area contributed by atoms with Crippen molar-refractivity contribution in [1.29, 1.82) is 0 Å². The van der Waals surface area contributed by atoms with E-state index in [-0.39, 0.29) is 0 Å². The Morgan fingerprint density at radius 3 is 2.30 bits per heavy atom. The zero-order valence-corrected chi connectivity index (χ0v) is 7.06. The predicted molar refractivity (Wildman–Crippen MR) is 45.9 cm³/mol. The Bertz CT molecular complexity index is 97.8. The Balaban J connectivity index is 3.19. The third-order valence-electron chi connectivity index (χ3n) is 1.69. The summed E-state index contributed by atoms with van der Waals surface area (Å²) in [5.41, 5.74) is 0. The molecule has 0 spiro atoms. The fourth-order valence-electron chi connectivity index (χ4n) is 0.945. The number of nitrogens with zero attached hydrogens (tertiary/aromatic N) is 1. The molecule has 0 aliphatic heterocycles. The topological polar surface area (TPSA) is 3.24 Å². The average molecular weight is 139 g/mol. The molecule has 0 radical (unpaired) electrons. The van der Waals surface area contributed by atoms with E-state index < -0.39 is 0 Å². The third kappa shape index (κ3) is 4.40. The number of unbranched alkanes of at least 4 members (excludes halogenated alkanes) is 1. The van der Waals surface area contributed by atoms with Gasteiger partial charge in [-0.15, -0.1) is 12.3 Å². The minimum Gasteiger partial charge on any atom is -0.304 e. The number of hydrogen-bond donors (Lipinski definition) is 0. The van der Waals surface area contributed by atoms with Crippen molar-refractivity contribution >= 4 is 0 Å². The predicted octanol–water partition coefficient (Wildman–Crippen LogP) is 1.74. The van der Waals surface area contributed by atoms with Crippen LogP contribution >= 0.6 is 0 Å². The lowest BCUT2D eigenvalue weighted by atomic mass is 10.3. The second kappa shape index (κ2) is 6.64. The fourth-order valence-corrected chi connectivity index (χ4v) is 0.945. The zero-order valence-electron chi connectivity index (χ0n) is 7.06. The second-order valence-electron chi connectivity index (χ2n) is 2.33. The molecule has 0 aliphatic rings. The first-order valence-electron chi connectivity index (χ1n) is 4.01. The van der Waals surface area contributed by atoms with Crippen molar-refractivity contribution < 1.29 is 0 Å². The van der Waals surface area contributed by atoms with E-state index in [1.165, 1.54) is 0 Å². The van der Waals surface area contributed by atoms with E-state index in [1.807, 2.05) is 0 Å². The van der Waals surface area contributed by atoms with Crippen LogP contribution in [-0.4, -0.2) is 24.5 Å². The van der Waals surface area contributed by atoms with E-state index in [2.05, 4.69) is 24.7 Å². The standard InChI is InChI=1S/C9H17N/c1-4-7-8-9-10(5-2)6-3/h1H,5-9H2,2-3H3. The summed E-state index contributed by atoms with van der Waals surface area (Å²) in [5, 5.41) is 0. The summed E-state index contributed by atoms with van der Waals surface area (Å²) >= 11 is 0. The Morgan fingerprint density at radius 2 is 1.90 bits per heavy atom. The molecule has 0 aliphatic carbocycles. The number of terminal acetylenes is 1. The van der Waals surface area contributed by atoms with Crippen LogP contribution in [0.3, 0.4) is 0 Å². The first-order chi connectivity index (χ1) is 4.85. The van der Waals surface area contributed by atoms with Crippen molar-refractivity contribution in [2.45, 2.75) is 26.7 Å². The van der Waals surface area contributed by atoms with Crippen molar-refractivity contribution in [2.75, 3.05) is 19.6 Å². The van der Waals surface area contributed by atoms with Gasteiger partial charge in [0.25, 0.3) is 0 Å². The van der Waals surface area contributed by atoms with Crippen LogP contribution in [0.5, 0.6) is 0 Å². The lowest BCUT2D eigenvalue weighted by Gasteiger charge is -2.16. The van der Waals surface area contributed by atoms with Gasteiger partial charge in [0.1, 0.15) is 0 Å².